The minimum Gasteiger partial charge on any atom is -0.504 e. The summed E-state index contributed by atoms with van der Waals surface area (Å²) in [4.78, 5) is 12.4. The molecule has 0 amide bonds. The molecule has 2 atom stereocenters. The lowest BCUT2D eigenvalue weighted by Gasteiger charge is -2.25. The minimum atomic E-state index is -1.30. The van der Waals surface area contributed by atoms with Gasteiger partial charge in [0.2, 0.25) is 0 Å². The summed E-state index contributed by atoms with van der Waals surface area (Å²) in [6, 6.07) is 2.57. The van der Waals surface area contributed by atoms with E-state index >= 15 is 0 Å². The lowest BCUT2D eigenvalue weighted by atomic mass is 10.0. The number of hydrogen-bond acceptors (Lipinski definition) is 5. The number of benzene rings is 1. The van der Waals surface area contributed by atoms with Crippen molar-refractivity contribution < 1.29 is 25.2 Å². The van der Waals surface area contributed by atoms with Gasteiger partial charge < -0.3 is 20.4 Å². The molecule has 1 aromatic rings. The molecule has 6 nitrogen and oxygen atoms in total. The number of carboxylic acids is 1. The second-order valence-corrected chi connectivity index (χ2v) is 3.94. The van der Waals surface area contributed by atoms with Crippen LogP contribution in [0.25, 0.3) is 0 Å². The van der Waals surface area contributed by atoms with E-state index in [0.717, 1.165) is 6.07 Å². The fourth-order valence-electron chi connectivity index (χ4n) is 1.55. The Kier molecular flexibility index (Phi) is 3.93. The van der Waals surface area contributed by atoms with Crippen molar-refractivity contribution in [3.05, 3.63) is 23.8 Å². The lowest BCUT2D eigenvalue weighted by molar-refractivity contribution is -0.146. The van der Waals surface area contributed by atoms with E-state index in [0.29, 0.717) is 0 Å². The second kappa shape index (κ2) is 5.03. The highest BCUT2D eigenvalue weighted by molar-refractivity contribution is 5.74. The average Bonchev–Trinajstić information content (AvgIpc) is 2.20. The van der Waals surface area contributed by atoms with Crippen LogP contribution in [0.1, 0.15) is 11.7 Å². The van der Waals surface area contributed by atoms with Gasteiger partial charge in [0.05, 0.1) is 0 Å². The van der Waals surface area contributed by atoms with Crippen LogP contribution in [0, 0.1) is 0 Å². The predicted molar refractivity (Wildman–Crippen MR) is 59.8 cm³/mol. The molecule has 1 rings (SSSR count). The molecule has 0 spiro atoms. The van der Waals surface area contributed by atoms with Crippen molar-refractivity contribution >= 4 is 5.97 Å². The molecule has 17 heavy (non-hydrogen) atoms. The van der Waals surface area contributed by atoms with Crippen molar-refractivity contribution in [1.82, 2.24) is 4.90 Å². The van der Waals surface area contributed by atoms with Crippen LogP contribution >= 0.6 is 0 Å². The third-order valence-corrected chi connectivity index (χ3v) is 2.45. The molecular formula is C11H15NO5. The normalized spacial score (nSPS) is 14.6. The molecule has 0 saturated carbocycles. The SMILES string of the molecule is CN(C)C(C(=O)O)C(O)c1ccc(O)c(O)c1. The van der Waals surface area contributed by atoms with Crippen LogP contribution in [-0.2, 0) is 4.79 Å². The van der Waals surface area contributed by atoms with Crippen molar-refractivity contribution in [2.45, 2.75) is 12.1 Å². The van der Waals surface area contributed by atoms with Gasteiger partial charge in [0.15, 0.2) is 11.5 Å². The van der Waals surface area contributed by atoms with E-state index in [1.165, 1.54) is 31.1 Å². The molecule has 0 aromatic heterocycles. The summed E-state index contributed by atoms with van der Waals surface area (Å²) < 4.78 is 0. The number of carbonyl (C=O) groups is 1. The maximum atomic E-state index is 11.0. The van der Waals surface area contributed by atoms with Gasteiger partial charge in [-0.05, 0) is 31.8 Å². The molecule has 0 saturated heterocycles. The Bertz CT molecular complexity index is 418. The summed E-state index contributed by atoms with van der Waals surface area (Å²) in [5, 5.41) is 37.3. The van der Waals surface area contributed by atoms with Gasteiger partial charge in [-0.1, -0.05) is 6.07 Å². The molecule has 94 valence electrons. The van der Waals surface area contributed by atoms with Gasteiger partial charge in [-0.3, -0.25) is 9.69 Å². The van der Waals surface area contributed by atoms with Crippen LogP contribution < -0.4 is 0 Å². The number of aromatic hydroxyl groups is 2. The zero-order chi connectivity index (χ0) is 13.2. The van der Waals surface area contributed by atoms with Gasteiger partial charge in [-0.15, -0.1) is 0 Å². The molecule has 1 aromatic carbocycles. The highest BCUT2D eigenvalue weighted by atomic mass is 16.4. The minimum absolute atomic E-state index is 0.224. The fourth-order valence-corrected chi connectivity index (χ4v) is 1.55. The van der Waals surface area contributed by atoms with Crippen LogP contribution in [0.15, 0.2) is 18.2 Å². The van der Waals surface area contributed by atoms with E-state index in [1.54, 1.807) is 0 Å². The largest absolute Gasteiger partial charge is 0.504 e. The summed E-state index contributed by atoms with van der Waals surface area (Å²) in [5.74, 6) is -1.89. The fraction of sp³-hybridized carbons (Fsp3) is 0.364. The number of nitrogens with zero attached hydrogens (tertiary/aromatic N) is 1. The number of aliphatic hydroxyl groups excluding tert-OH is 1. The first-order chi connectivity index (χ1) is 7.84. The van der Waals surface area contributed by atoms with E-state index in [4.69, 9.17) is 10.2 Å². The average molecular weight is 241 g/mol. The third kappa shape index (κ3) is 2.86. The Balaban J connectivity index is 3.05. The van der Waals surface area contributed by atoms with Gasteiger partial charge in [0, 0.05) is 0 Å². The number of carboxylic acid groups (broad SMARTS) is 1. The Morgan fingerprint density at radius 3 is 2.24 bits per heavy atom. The molecule has 4 N–H and O–H groups in total. The summed E-state index contributed by atoms with van der Waals surface area (Å²) in [5.41, 5.74) is 0.224. The molecule has 0 aliphatic carbocycles. The molecular weight excluding hydrogens is 226 g/mol. The second-order valence-electron chi connectivity index (χ2n) is 3.94. The number of phenolic OH excluding ortho intramolecular Hbond substituents is 2. The van der Waals surface area contributed by atoms with Crippen LogP contribution in [0.3, 0.4) is 0 Å². The smallest absolute Gasteiger partial charge is 0.323 e. The maximum absolute atomic E-state index is 11.0. The van der Waals surface area contributed by atoms with Gasteiger partial charge >= 0.3 is 5.97 Å². The van der Waals surface area contributed by atoms with Crippen molar-refractivity contribution in [2.24, 2.45) is 0 Å². The molecule has 2 unspecified atom stereocenters. The number of likely N-dealkylation sites (N-methyl/N-ethyl adjacent to an activating group) is 1. The first kappa shape index (κ1) is 13.3. The number of rotatable bonds is 4. The molecule has 0 heterocycles. The van der Waals surface area contributed by atoms with Gasteiger partial charge in [0.1, 0.15) is 12.1 Å². The zero-order valence-electron chi connectivity index (χ0n) is 9.53. The number of aliphatic hydroxyl groups is 1. The predicted octanol–water partition coefficient (Wildman–Crippen LogP) is 0.146. The molecule has 0 fully saturated rings. The van der Waals surface area contributed by atoms with E-state index in [1.807, 2.05) is 0 Å². The number of aliphatic carboxylic acids is 1. The Morgan fingerprint density at radius 2 is 1.82 bits per heavy atom. The molecule has 6 heteroatoms. The van der Waals surface area contributed by atoms with E-state index < -0.39 is 23.9 Å². The van der Waals surface area contributed by atoms with Gasteiger partial charge in [0.25, 0.3) is 0 Å². The monoisotopic (exact) mass is 241 g/mol. The number of hydrogen-bond donors (Lipinski definition) is 4. The van der Waals surface area contributed by atoms with Crippen LogP contribution in [0.4, 0.5) is 0 Å². The van der Waals surface area contributed by atoms with Crippen LogP contribution in [0.2, 0.25) is 0 Å². The van der Waals surface area contributed by atoms with E-state index in [2.05, 4.69) is 0 Å². The highest BCUT2D eigenvalue weighted by Crippen LogP contribution is 2.29. The van der Waals surface area contributed by atoms with Crippen molar-refractivity contribution in [3.63, 3.8) is 0 Å². The van der Waals surface area contributed by atoms with Crippen molar-refractivity contribution in [3.8, 4) is 11.5 Å². The van der Waals surface area contributed by atoms with E-state index in [-0.39, 0.29) is 11.3 Å². The molecule has 0 aliphatic heterocycles. The quantitative estimate of drug-likeness (QED) is 0.560. The van der Waals surface area contributed by atoms with Crippen LogP contribution in [-0.4, -0.2) is 51.4 Å². The first-order valence-electron chi connectivity index (χ1n) is 4.93. The summed E-state index contributed by atoms with van der Waals surface area (Å²) in [6.45, 7) is 0. The first-order valence-corrected chi connectivity index (χ1v) is 4.93. The molecule has 0 aliphatic rings. The maximum Gasteiger partial charge on any atom is 0.323 e. The van der Waals surface area contributed by atoms with Crippen molar-refractivity contribution in [1.29, 1.82) is 0 Å². The Hall–Kier alpha value is -1.79. The molecule has 0 bridgehead atoms. The third-order valence-electron chi connectivity index (χ3n) is 2.45. The Morgan fingerprint density at radius 1 is 1.24 bits per heavy atom. The van der Waals surface area contributed by atoms with Gasteiger partial charge in [-0.2, -0.15) is 0 Å². The van der Waals surface area contributed by atoms with Gasteiger partial charge in [-0.25, -0.2) is 0 Å². The highest BCUT2D eigenvalue weighted by Gasteiger charge is 2.30. The summed E-state index contributed by atoms with van der Waals surface area (Å²) in [6.07, 6.45) is -1.30. The van der Waals surface area contributed by atoms with Crippen LogP contribution in [0.5, 0.6) is 11.5 Å². The molecule has 0 radical (unpaired) electrons. The topological polar surface area (TPSA) is 101 Å². The standard InChI is InChI=1S/C11H15NO5/c1-12(2)9(11(16)17)10(15)6-3-4-7(13)8(14)5-6/h3-5,9-10,13-15H,1-2H3,(H,16,17). The lowest BCUT2D eigenvalue weighted by Crippen LogP contribution is -2.40. The summed E-state index contributed by atoms with van der Waals surface area (Å²) in [7, 11) is 3.06. The van der Waals surface area contributed by atoms with E-state index in [9.17, 15) is 15.0 Å². The Labute approximate surface area is 98.4 Å². The summed E-state index contributed by atoms with van der Waals surface area (Å²) >= 11 is 0. The number of phenols is 2. The zero-order valence-corrected chi connectivity index (χ0v) is 9.53. The van der Waals surface area contributed by atoms with Crippen molar-refractivity contribution in [2.75, 3.05) is 14.1 Å².